The predicted molar refractivity (Wildman–Crippen MR) is 229 cm³/mol. The van der Waals surface area contributed by atoms with Gasteiger partial charge in [-0.05, 0) is 64.2 Å². The van der Waals surface area contributed by atoms with E-state index >= 15 is 0 Å². The Balaban J connectivity index is 0.979. The molecule has 3 unspecified atom stereocenters. The zero-order valence-corrected chi connectivity index (χ0v) is 30.5. The van der Waals surface area contributed by atoms with E-state index < -0.39 is 0 Å². The summed E-state index contributed by atoms with van der Waals surface area (Å²) in [6, 6.07) is 59.5. The van der Waals surface area contributed by atoms with E-state index in [-0.39, 0.29) is 24.7 Å². The topological polar surface area (TPSA) is 58.0 Å². The minimum absolute atomic E-state index is 0.0268. The number of fused-ring (bicyclic) bond motifs is 11. The van der Waals surface area contributed by atoms with Crippen LogP contribution in [0.3, 0.4) is 0 Å². The molecule has 6 nitrogen and oxygen atoms in total. The molecular weight excluding hydrogens is 685 g/mol. The van der Waals surface area contributed by atoms with Crippen LogP contribution in [-0.2, 0) is 0 Å². The minimum atomic E-state index is -0.0853. The van der Waals surface area contributed by atoms with E-state index in [1.165, 1.54) is 82.7 Å². The third-order valence-corrected chi connectivity index (χ3v) is 12.0. The first-order chi connectivity index (χ1) is 27.8. The van der Waals surface area contributed by atoms with Gasteiger partial charge in [0.05, 0.1) is 46.3 Å². The van der Waals surface area contributed by atoms with Crippen molar-refractivity contribution in [2.45, 2.75) is 24.7 Å². The summed E-state index contributed by atoms with van der Waals surface area (Å²) in [5.41, 5.74) is 14.7. The highest BCUT2D eigenvalue weighted by Crippen LogP contribution is 2.49. The Hall–Kier alpha value is -6.70. The van der Waals surface area contributed by atoms with Gasteiger partial charge in [0.2, 0.25) is 0 Å². The molecule has 2 aromatic heterocycles. The number of benzene rings is 7. The van der Waals surface area contributed by atoms with E-state index in [9.17, 15) is 0 Å². The van der Waals surface area contributed by atoms with Crippen molar-refractivity contribution in [1.82, 2.24) is 30.4 Å². The Bertz CT molecular complexity index is 3010. The summed E-state index contributed by atoms with van der Waals surface area (Å²) in [5, 5.41) is 20.3. The molecule has 12 rings (SSSR count). The Kier molecular flexibility index (Phi) is 7.01. The van der Waals surface area contributed by atoms with Crippen LogP contribution in [0, 0.1) is 0 Å². The van der Waals surface area contributed by atoms with E-state index in [0.29, 0.717) is 0 Å². The number of nitrogens with one attached hydrogen (secondary N) is 4. The van der Waals surface area contributed by atoms with Crippen molar-refractivity contribution in [3.8, 4) is 27.9 Å². The number of hydrogen-bond donors (Lipinski definition) is 4. The Morgan fingerprint density at radius 1 is 0.429 bits per heavy atom. The number of aromatic nitrogens is 2. The van der Waals surface area contributed by atoms with E-state index in [0.717, 1.165) is 5.57 Å². The van der Waals surface area contributed by atoms with Crippen molar-refractivity contribution in [3.63, 3.8) is 0 Å². The lowest BCUT2D eigenvalue weighted by Gasteiger charge is -2.40. The van der Waals surface area contributed by atoms with Gasteiger partial charge >= 0.3 is 0 Å². The summed E-state index contributed by atoms with van der Waals surface area (Å²) in [5.74, 6) is 0. The molecule has 0 bridgehead atoms. The van der Waals surface area contributed by atoms with Gasteiger partial charge in [-0.2, -0.15) is 0 Å². The molecule has 1 fully saturated rings. The lowest BCUT2D eigenvalue weighted by molar-refractivity contribution is 0.223. The number of rotatable bonds is 4. The molecule has 3 aliphatic rings. The zero-order valence-electron chi connectivity index (χ0n) is 30.5. The maximum atomic E-state index is 3.83. The average Bonchev–Trinajstić information content (AvgIpc) is 3.75. The molecule has 0 radical (unpaired) electrons. The van der Waals surface area contributed by atoms with Crippen LogP contribution in [0.1, 0.15) is 29.6 Å². The smallest absolute Gasteiger partial charge is 0.123 e. The first-order valence-electron chi connectivity index (χ1n) is 19.5. The number of nitrogens with zero attached hydrogens (tertiary/aromatic N) is 2. The van der Waals surface area contributed by atoms with Gasteiger partial charge in [0.1, 0.15) is 6.17 Å². The first kappa shape index (κ1) is 31.6. The molecule has 4 N–H and O–H groups in total. The van der Waals surface area contributed by atoms with E-state index in [1.807, 2.05) is 0 Å². The predicted octanol–water partition coefficient (Wildman–Crippen LogP) is 10.6. The third kappa shape index (κ3) is 4.74. The Morgan fingerprint density at radius 2 is 1.02 bits per heavy atom. The van der Waals surface area contributed by atoms with Crippen LogP contribution >= 0.6 is 0 Å². The molecule has 5 heterocycles. The van der Waals surface area contributed by atoms with Crippen molar-refractivity contribution in [2.75, 3.05) is 0 Å². The van der Waals surface area contributed by atoms with E-state index in [2.05, 4.69) is 213 Å². The van der Waals surface area contributed by atoms with Crippen molar-refractivity contribution in [2.24, 2.45) is 0 Å². The molecule has 56 heavy (non-hydrogen) atoms. The number of dihydropyridines is 1. The highest BCUT2D eigenvalue weighted by molar-refractivity contribution is 6.19. The van der Waals surface area contributed by atoms with Gasteiger partial charge in [0.15, 0.2) is 0 Å². The largest absolute Gasteiger partial charge is 0.367 e. The SMILES string of the molecule is C1=CC(n2c3ccccc3c3cc4c(cc32)-c2ccccc2-n2c3ccccc3c3cccc-4c32)NC=C1C1NC(c2ccccc2)NC(c2ccccc2)N1. The third-order valence-electron chi connectivity index (χ3n) is 12.0. The van der Waals surface area contributed by atoms with E-state index in [4.69, 9.17) is 0 Å². The molecule has 0 aliphatic carbocycles. The van der Waals surface area contributed by atoms with Gasteiger partial charge in [0.25, 0.3) is 0 Å². The van der Waals surface area contributed by atoms with E-state index in [1.54, 1.807) is 0 Å². The summed E-state index contributed by atoms with van der Waals surface area (Å²) >= 11 is 0. The van der Waals surface area contributed by atoms with Gasteiger partial charge in [-0.3, -0.25) is 16.0 Å². The van der Waals surface area contributed by atoms with Crippen LogP contribution in [-0.4, -0.2) is 15.3 Å². The van der Waals surface area contributed by atoms with Crippen molar-refractivity contribution in [1.29, 1.82) is 0 Å². The fourth-order valence-electron chi connectivity index (χ4n) is 9.51. The van der Waals surface area contributed by atoms with Gasteiger partial charge in [-0.1, -0.05) is 140 Å². The quantitative estimate of drug-likeness (QED) is 0.146. The molecule has 7 aromatic carbocycles. The molecule has 3 aliphatic heterocycles. The fourth-order valence-corrected chi connectivity index (χ4v) is 9.51. The summed E-state index contributed by atoms with van der Waals surface area (Å²) in [6.07, 6.45) is 6.54. The molecule has 0 amide bonds. The summed E-state index contributed by atoms with van der Waals surface area (Å²) in [4.78, 5) is 0. The van der Waals surface area contributed by atoms with Crippen molar-refractivity contribution < 1.29 is 0 Å². The first-order valence-corrected chi connectivity index (χ1v) is 19.5. The second kappa shape index (κ2) is 12.4. The molecule has 0 spiro atoms. The normalized spacial score (nSPS) is 20.1. The lowest BCUT2D eigenvalue weighted by atomic mass is 9.92. The van der Waals surface area contributed by atoms with Gasteiger partial charge < -0.3 is 14.5 Å². The van der Waals surface area contributed by atoms with Gasteiger partial charge in [-0.15, -0.1) is 0 Å². The van der Waals surface area contributed by atoms with Crippen LogP contribution in [0.5, 0.6) is 0 Å². The van der Waals surface area contributed by atoms with Crippen molar-refractivity contribution >= 4 is 43.6 Å². The molecule has 1 saturated heterocycles. The van der Waals surface area contributed by atoms with Crippen LogP contribution in [0.2, 0.25) is 0 Å². The maximum Gasteiger partial charge on any atom is 0.123 e. The number of hydrogen-bond acceptors (Lipinski definition) is 4. The standard InChI is InChI=1S/C50H38N6/c1-3-14-31(15-4-1)48-52-49(32-16-5-2-6-17-32)54-50(53-48)33-26-27-46(51-30-33)55-42-23-10-9-20-36(42)41-28-39-38-22-13-21-37-34-18-7-11-24-43(34)56(47(37)38)44-25-12-8-19-35(44)40(39)29-45(41)55/h1-30,46,48-54H. The second-order valence-corrected chi connectivity index (χ2v) is 15.1. The van der Waals surface area contributed by atoms with Crippen LogP contribution in [0.15, 0.2) is 188 Å². The summed E-state index contributed by atoms with van der Waals surface area (Å²) < 4.78 is 4.96. The fraction of sp³-hybridized carbons (Fsp3) is 0.0800. The zero-order chi connectivity index (χ0) is 36.7. The lowest BCUT2D eigenvalue weighted by Crippen LogP contribution is -2.59. The second-order valence-electron chi connectivity index (χ2n) is 15.1. The van der Waals surface area contributed by atoms with Gasteiger partial charge in [0, 0.05) is 38.9 Å². The van der Waals surface area contributed by atoms with Gasteiger partial charge in [-0.25, -0.2) is 0 Å². The molecule has 268 valence electrons. The van der Waals surface area contributed by atoms with Crippen LogP contribution in [0.25, 0.3) is 71.6 Å². The Labute approximate surface area is 324 Å². The molecular formula is C50H38N6. The Morgan fingerprint density at radius 3 is 1.75 bits per heavy atom. The van der Waals surface area contributed by atoms with Crippen molar-refractivity contribution in [3.05, 3.63) is 199 Å². The maximum absolute atomic E-state index is 3.83. The summed E-state index contributed by atoms with van der Waals surface area (Å²) in [6.45, 7) is 0. The minimum Gasteiger partial charge on any atom is -0.367 e. The number of para-hydroxylation sites is 4. The van der Waals surface area contributed by atoms with Crippen LogP contribution in [0.4, 0.5) is 0 Å². The molecule has 6 heteroatoms. The monoisotopic (exact) mass is 722 g/mol. The summed E-state index contributed by atoms with van der Waals surface area (Å²) in [7, 11) is 0. The average molecular weight is 723 g/mol. The molecule has 3 atom stereocenters. The highest BCUT2D eigenvalue weighted by atomic mass is 15.4. The molecule has 9 aromatic rings. The van der Waals surface area contributed by atoms with Crippen LogP contribution < -0.4 is 21.3 Å². The highest BCUT2D eigenvalue weighted by Gasteiger charge is 2.32. The molecule has 0 saturated carbocycles.